The largest absolute Gasteiger partial charge is 0.458 e. The summed E-state index contributed by atoms with van der Waals surface area (Å²) < 4.78 is 17.8. The molecule has 4 heterocycles. The van der Waals surface area contributed by atoms with Gasteiger partial charge in [0.1, 0.15) is 6.61 Å². The highest BCUT2D eigenvalue weighted by molar-refractivity contribution is 7.09. The lowest BCUT2D eigenvalue weighted by Crippen LogP contribution is -2.46. The van der Waals surface area contributed by atoms with Crippen LogP contribution in [-0.4, -0.2) is 22.3 Å². The molecule has 0 fully saturated rings. The van der Waals surface area contributed by atoms with E-state index in [4.69, 9.17) is 19.0 Å². The Bertz CT molecular complexity index is 1220. The molecule has 0 radical (unpaired) electrons. The normalized spacial score (nSPS) is 19.6. The second-order valence-electron chi connectivity index (χ2n) is 7.19. The zero-order chi connectivity index (χ0) is 20.2. The van der Waals surface area contributed by atoms with Crippen LogP contribution in [0.5, 0.6) is 0 Å². The van der Waals surface area contributed by atoms with E-state index in [0.717, 1.165) is 22.2 Å². The molecule has 0 N–H and O–H groups in total. The molecule has 0 saturated carbocycles. The van der Waals surface area contributed by atoms with Crippen LogP contribution in [0.1, 0.15) is 30.0 Å². The summed E-state index contributed by atoms with van der Waals surface area (Å²) in [5, 5.41) is 1.03. The van der Waals surface area contributed by atoms with Gasteiger partial charge in [-0.25, -0.2) is 9.78 Å². The molecule has 0 amide bonds. The summed E-state index contributed by atoms with van der Waals surface area (Å²) in [6.45, 7) is 2.08. The Labute approximate surface area is 168 Å². The number of nitrogens with zero attached hydrogens (tertiary/aromatic N) is 2. The molecule has 5 rings (SSSR count). The molecule has 2 atom stereocenters. The van der Waals surface area contributed by atoms with Gasteiger partial charge in [0.25, 0.3) is 5.56 Å². The first-order valence-electron chi connectivity index (χ1n) is 9.38. The van der Waals surface area contributed by atoms with Gasteiger partial charge in [-0.2, -0.15) is 0 Å². The summed E-state index contributed by atoms with van der Waals surface area (Å²) in [5.74, 6) is -0.511. The number of hydrogen-bond acceptors (Lipinski definition) is 6. The third-order valence-electron chi connectivity index (χ3n) is 5.76. The van der Waals surface area contributed by atoms with Gasteiger partial charge in [-0.15, -0.1) is 0 Å². The molecule has 148 valence electrons. The van der Waals surface area contributed by atoms with Gasteiger partial charge in [0.15, 0.2) is 12.4 Å². The number of carbonyl (C=O) groups is 1. The van der Waals surface area contributed by atoms with Crippen LogP contribution in [0.2, 0.25) is 0 Å². The molecule has 0 saturated heterocycles. The molecule has 0 bridgehead atoms. The second kappa shape index (κ2) is 6.73. The standard InChI is InChI=1S/C21H19N2O5P/c1-2-21(27-11-28-29)15-8-17-18-13(7-12-5-3-4-6-16(12)22-18)9-23(17)19(24)14(15)10-26-20(21)25/h3-8H,2,9-11,29H2,1H3/t21-/m0/s1. The number of cyclic esters (lactones) is 1. The van der Waals surface area contributed by atoms with Gasteiger partial charge in [0.05, 0.1) is 29.0 Å². The average Bonchev–Trinajstić information content (AvgIpc) is 3.10. The van der Waals surface area contributed by atoms with E-state index in [1.54, 1.807) is 4.57 Å². The average molecular weight is 410 g/mol. The van der Waals surface area contributed by atoms with Gasteiger partial charge in [-0.05, 0) is 24.6 Å². The zero-order valence-corrected chi connectivity index (χ0v) is 17.0. The van der Waals surface area contributed by atoms with E-state index >= 15 is 0 Å². The number of pyridine rings is 2. The number of para-hydroxylation sites is 1. The fourth-order valence-electron chi connectivity index (χ4n) is 4.29. The van der Waals surface area contributed by atoms with Crippen molar-refractivity contribution in [3.8, 4) is 11.4 Å². The number of benzene rings is 1. The number of fused-ring (bicyclic) bond motifs is 5. The van der Waals surface area contributed by atoms with Crippen molar-refractivity contribution >= 4 is 26.3 Å². The minimum Gasteiger partial charge on any atom is -0.458 e. The van der Waals surface area contributed by atoms with E-state index in [0.29, 0.717) is 29.8 Å². The monoisotopic (exact) mass is 410 g/mol. The first kappa shape index (κ1) is 18.4. The second-order valence-corrected chi connectivity index (χ2v) is 7.52. The maximum atomic E-state index is 13.3. The molecule has 1 aromatic carbocycles. The van der Waals surface area contributed by atoms with Crippen LogP contribution in [0.4, 0.5) is 0 Å². The van der Waals surface area contributed by atoms with Gasteiger partial charge in [-0.1, -0.05) is 25.1 Å². The molecular weight excluding hydrogens is 391 g/mol. The highest BCUT2D eigenvalue weighted by atomic mass is 31.0. The minimum atomic E-state index is -1.38. The van der Waals surface area contributed by atoms with E-state index in [-0.39, 0.29) is 19.0 Å². The summed E-state index contributed by atoms with van der Waals surface area (Å²) in [6.07, 6.45) is 0.313. The van der Waals surface area contributed by atoms with E-state index in [1.807, 2.05) is 37.3 Å². The summed E-state index contributed by atoms with van der Waals surface area (Å²) in [6, 6.07) is 11.8. The zero-order valence-electron chi connectivity index (χ0n) is 15.8. The van der Waals surface area contributed by atoms with Crippen molar-refractivity contribution in [1.82, 2.24) is 9.55 Å². The lowest BCUT2D eigenvalue weighted by Gasteiger charge is -2.35. The molecule has 2 aliphatic heterocycles. The first-order valence-corrected chi connectivity index (χ1v) is 9.85. The smallest absolute Gasteiger partial charge is 0.343 e. The molecule has 3 aromatic rings. The topological polar surface area (TPSA) is 79.7 Å². The Morgan fingerprint density at radius 2 is 2.10 bits per heavy atom. The van der Waals surface area contributed by atoms with Crippen LogP contribution < -0.4 is 5.56 Å². The highest BCUT2D eigenvalue weighted by Gasteiger charge is 2.48. The van der Waals surface area contributed by atoms with Crippen molar-refractivity contribution in [3.63, 3.8) is 0 Å². The van der Waals surface area contributed by atoms with E-state index in [1.165, 1.54) is 0 Å². The predicted molar refractivity (Wildman–Crippen MR) is 109 cm³/mol. The van der Waals surface area contributed by atoms with E-state index in [9.17, 15) is 9.59 Å². The van der Waals surface area contributed by atoms with Crippen molar-refractivity contribution in [1.29, 1.82) is 0 Å². The molecule has 2 aromatic heterocycles. The molecule has 7 nitrogen and oxygen atoms in total. The SMILES string of the molecule is CC[C@@]1(OCOP)C(=O)OCc2c1cc1n(c2=O)Cc2cc3ccccc3nc2-1. The number of hydrogen-bond donors (Lipinski definition) is 0. The van der Waals surface area contributed by atoms with Crippen molar-refractivity contribution in [2.24, 2.45) is 0 Å². The molecule has 0 spiro atoms. The van der Waals surface area contributed by atoms with Crippen LogP contribution in [0.15, 0.2) is 41.2 Å². The quantitative estimate of drug-likeness (QED) is 0.292. The van der Waals surface area contributed by atoms with Crippen molar-refractivity contribution in [2.75, 3.05) is 6.79 Å². The Morgan fingerprint density at radius 3 is 2.90 bits per heavy atom. The van der Waals surface area contributed by atoms with Crippen LogP contribution >= 0.6 is 9.47 Å². The number of esters is 1. The van der Waals surface area contributed by atoms with Crippen LogP contribution in [0.25, 0.3) is 22.3 Å². The predicted octanol–water partition coefficient (Wildman–Crippen LogP) is 2.87. The molecular formula is C21H19N2O5P. The summed E-state index contributed by atoms with van der Waals surface area (Å²) in [7, 11) is 2.09. The van der Waals surface area contributed by atoms with Crippen molar-refractivity contribution in [2.45, 2.75) is 32.1 Å². The van der Waals surface area contributed by atoms with Gasteiger partial charge in [-0.3, -0.25) is 4.79 Å². The van der Waals surface area contributed by atoms with Crippen LogP contribution in [0, 0.1) is 0 Å². The number of rotatable bonds is 4. The number of ether oxygens (including phenoxy) is 2. The third-order valence-corrected chi connectivity index (χ3v) is 5.89. The maximum absolute atomic E-state index is 13.3. The lowest BCUT2D eigenvalue weighted by atomic mass is 9.85. The fraction of sp³-hybridized carbons (Fsp3) is 0.286. The van der Waals surface area contributed by atoms with Crippen molar-refractivity contribution < 1.29 is 18.8 Å². The maximum Gasteiger partial charge on any atom is 0.343 e. The molecule has 1 unspecified atom stereocenters. The Kier molecular flexibility index (Phi) is 4.28. The van der Waals surface area contributed by atoms with Gasteiger partial charge >= 0.3 is 5.97 Å². The lowest BCUT2D eigenvalue weighted by molar-refractivity contribution is -0.190. The minimum absolute atomic E-state index is 0.0636. The van der Waals surface area contributed by atoms with Crippen molar-refractivity contribution in [3.05, 3.63) is 63.4 Å². The molecule has 2 aliphatic rings. The highest BCUT2D eigenvalue weighted by Crippen LogP contribution is 2.40. The summed E-state index contributed by atoms with van der Waals surface area (Å²) in [5.41, 5.74) is 2.71. The Hall–Kier alpha value is -2.60. The Balaban J connectivity index is 1.76. The van der Waals surface area contributed by atoms with E-state index in [2.05, 4.69) is 15.5 Å². The van der Waals surface area contributed by atoms with Gasteiger partial charge < -0.3 is 18.6 Å². The fourth-order valence-corrected chi connectivity index (χ4v) is 4.36. The number of aromatic nitrogens is 2. The van der Waals surface area contributed by atoms with Gasteiger partial charge in [0.2, 0.25) is 0 Å². The molecule has 29 heavy (non-hydrogen) atoms. The van der Waals surface area contributed by atoms with Crippen LogP contribution in [0.3, 0.4) is 0 Å². The summed E-state index contributed by atoms with van der Waals surface area (Å²) >= 11 is 0. The Morgan fingerprint density at radius 1 is 1.28 bits per heavy atom. The van der Waals surface area contributed by atoms with E-state index < -0.39 is 11.6 Å². The third kappa shape index (κ3) is 2.58. The molecule has 8 heteroatoms. The first-order chi connectivity index (χ1) is 14.1. The van der Waals surface area contributed by atoms with Crippen LogP contribution in [-0.2, 0) is 37.5 Å². The van der Waals surface area contributed by atoms with Gasteiger partial charge in [0, 0.05) is 26.0 Å². The molecule has 0 aliphatic carbocycles. The summed E-state index contributed by atoms with van der Waals surface area (Å²) in [4.78, 5) is 30.8. The number of carbonyl (C=O) groups excluding carboxylic acids is 1.